The molecule has 2 aliphatic rings. The maximum Gasteiger partial charge on any atom is 0.320 e. The third-order valence-corrected chi connectivity index (χ3v) is 6.30. The van der Waals surface area contributed by atoms with Crippen LogP contribution in [0.4, 0.5) is 13.6 Å². The molecule has 11 heteroatoms. The number of urea groups is 1. The van der Waals surface area contributed by atoms with Gasteiger partial charge in [0.15, 0.2) is 6.10 Å². The van der Waals surface area contributed by atoms with Gasteiger partial charge in [-0.1, -0.05) is 12.1 Å². The predicted molar refractivity (Wildman–Crippen MR) is 117 cm³/mol. The largest absolute Gasteiger partial charge is 0.377 e. The molecule has 3 rings (SSSR count). The van der Waals surface area contributed by atoms with E-state index in [0.717, 1.165) is 19.4 Å². The van der Waals surface area contributed by atoms with Crippen LogP contribution in [0.1, 0.15) is 48.7 Å². The summed E-state index contributed by atoms with van der Waals surface area (Å²) in [6, 6.07) is 4.72. The number of rotatable bonds is 7. The molecule has 0 saturated carbocycles. The number of alkyl halides is 2. The van der Waals surface area contributed by atoms with E-state index >= 15 is 0 Å². The summed E-state index contributed by atoms with van der Waals surface area (Å²) in [4.78, 5) is 33.7. The average Bonchev–Trinajstić information content (AvgIpc) is 3.22. The molecule has 33 heavy (non-hydrogen) atoms. The van der Waals surface area contributed by atoms with E-state index < -0.39 is 18.1 Å². The van der Waals surface area contributed by atoms with Crippen molar-refractivity contribution in [2.45, 2.75) is 56.8 Å². The number of benzene rings is 1. The Morgan fingerprint density at radius 1 is 1.27 bits per heavy atom. The second-order valence-corrected chi connectivity index (χ2v) is 8.76. The number of nitrogens with two attached hydrogens (primary N) is 2. The summed E-state index contributed by atoms with van der Waals surface area (Å²) in [5, 5.41) is 2.83. The maximum atomic E-state index is 13.6. The molecule has 2 saturated heterocycles. The van der Waals surface area contributed by atoms with Crippen molar-refractivity contribution < 1.29 is 27.9 Å². The molecule has 0 aromatic heterocycles. The van der Waals surface area contributed by atoms with Gasteiger partial charge in [0.1, 0.15) is 0 Å². The summed E-state index contributed by atoms with van der Waals surface area (Å²) in [7, 11) is 0. The molecule has 2 fully saturated rings. The lowest BCUT2D eigenvalue weighted by molar-refractivity contribution is -0.137. The maximum absolute atomic E-state index is 13.6. The highest BCUT2D eigenvalue weighted by Gasteiger charge is 2.40. The topological polar surface area (TPSA) is 123 Å². The van der Waals surface area contributed by atoms with Crippen molar-refractivity contribution in [3.05, 3.63) is 35.4 Å². The lowest BCUT2D eigenvalue weighted by Gasteiger charge is -2.39. The quantitative estimate of drug-likeness (QED) is 0.522. The van der Waals surface area contributed by atoms with Crippen molar-refractivity contribution in [1.29, 1.82) is 0 Å². The predicted octanol–water partition coefficient (Wildman–Crippen LogP) is 1.64. The van der Waals surface area contributed by atoms with Gasteiger partial charge in [-0.05, 0) is 37.5 Å². The minimum Gasteiger partial charge on any atom is -0.377 e. The molecule has 0 spiro atoms. The third-order valence-electron chi connectivity index (χ3n) is 6.30. The smallest absolute Gasteiger partial charge is 0.320 e. The lowest BCUT2D eigenvalue weighted by Crippen LogP contribution is -2.57. The number of amides is 3. The van der Waals surface area contributed by atoms with Crippen molar-refractivity contribution in [3.63, 3.8) is 0 Å². The Kier molecular flexibility index (Phi) is 8.22. The average molecular weight is 470 g/mol. The highest BCUT2D eigenvalue weighted by Crippen LogP contribution is 2.29. The minimum absolute atomic E-state index is 0.0229. The van der Waals surface area contributed by atoms with Gasteiger partial charge >= 0.3 is 6.03 Å². The molecule has 0 aliphatic carbocycles. The summed E-state index contributed by atoms with van der Waals surface area (Å²) < 4.78 is 32.8. The van der Waals surface area contributed by atoms with Crippen LogP contribution in [0.25, 0.3) is 0 Å². The summed E-state index contributed by atoms with van der Waals surface area (Å²) in [5.74, 6) is 1.41. The van der Waals surface area contributed by atoms with Crippen LogP contribution in [-0.4, -0.2) is 78.7 Å². The van der Waals surface area contributed by atoms with Crippen LogP contribution in [0.15, 0.2) is 24.3 Å². The second-order valence-electron chi connectivity index (χ2n) is 8.76. The van der Waals surface area contributed by atoms with E-state index in [4.69, 9.17) is 16.4 Å². The molecule has 2 heterocycles. The molecule has 4 atom stereocenters. The van der Waals surface area contributed by atoms with E-state index in [1.165, 1.54) is 24.3 Å². The van der Waals surface area contributed by atoms with E-state index in [2.05, 4.69) is 10.2 Å². The molecule has 184 valence electrons. The normalized spacial score (nSPS) is 23.3. The van der Waals surface area contributed by atoms with Gasteiger partial charge in [0.2, 0.25) is 0 Å². The van der Waals surface area contributed by atoms with Gasteiger partial charge in [0.05, 0.1) is 25.3 Å². The molecule has 1 unspecified atom stereocenters. The Hall–Kier alpha value is -2.34. The number of nitrogens with zero attached hydrogens (tertiary/aromatic N) is 2. The van der Waals surface area contributed by atoms with E-state index in [-0.39, 0.29) is 30.6 Å². The van der Waals surface area contributed by atoms with Gasteiger partial charge in [-0.25, -0.2) is 19.5 Å². The number of carbonyl (C=O) groups excluding carboxylic acids is 2. The second kappa shape index (κ2) is 10.7. The number of hydrogen-bond donors (Lipinski definition) is 3. The number of likely N-dealkylation sites (tertiary alicyclic amines) is 1. The van der Waals surface area contributed by atoms with Gasteiger partial charge in [0.25, 0.3) is 11.8 Å². The van der Waals surface area contributed by atoms with Gasteiger partial charge in [-0.2, -0.15) is 0 Å². The van der Waals surface area contributed by atoms with Crippen LogP contribution in [0, 0.1) is 0 Å². The summed E-state index contributed by atoms with van der Waals surface area (Å²) >= 11 is 0. The lowest BCUT2D eigenvalue weighted by atomic mass is 9.97. The SMILES string of the molecule is C[C@@H]1CCCN1C(=O)N1CCOC[C@@H]1CNC(=O)c1ccc([C@H](N)C(ON)C(C)(F)F)cc1. The zero-order chi connectivity index (χ0) is 24.2. The molecule has 9 nitrogen and oxygen atoms in total. The number of nitrogens with one attached hydrogen (secondary N) is 1. The van der Waals surface area contributed by atoms with Crippen molar-refractivity contribution >= 4 is 11.9 Å². The van der Waals surface area contributed by atoms with Gasteiger partial charge in [-0.3, -0.25) is 9.63 Å². The summed E-state index contributed by atoms with van der Waals surface area (Å²) in [5.41, 5.74) is 6.58. The first-order valence-electron chi connectivity index (χ1n) is 11.2. The van der Waals surface area contributed by atoms with E-state index in [9.17, 15) is 18.4 Å². The number of halogens is 2. The van der Waals surface area contributed by atoms with Crippen LogP contribution in [-0.2, 0) is 9.57 Å². The van der Waals surface area contributed by atoms with E-state index in [0.29, 0.717) is 37.8 Å². The number of ether oxygens (including phenoxy) is 1. The first-order chi connectivity index (χ1) is 15.6. The van der Waals surface area contributed by atoms with Crippen molar-refractivity contribution in [2.24, 2.45) is 11.6 Å². The fourth-order valence-electron chi connectivity index (χ4n) is 4.32. The Morgan fingerprint density at radius 3 is 2.55 bits per heavy atom. The highest BCUT2D eigenvalue weighted by molar-refractivity contribution is 5.94. The van der Waals surface area contributed by atoms with Crippen LogP contribution in [0.3, 0.4) is 0 Å². The molecule has 0 radical (unpaired) electrons. The molecule has 0 bridgehead atoms. The Labute approximate surface area is 192 Å². The summed E-state index contributed by atoms with van der Waals surface area (Å²) in [6.07, 6.45) is 0.280. The molecule has 1 aromatic rings. The van der Waals surface area contributed by atoms with Gasteiger partial charge in [-0.15, -0.1) is 0 Å². The highest BCUT2D eigenvalue weighted by atomic mass is 19.3. The number of carbonyl (C=O) groups is 2. The zero-order valence-electron chi connectivity index (χ0n) is 19.0. The van der Waals surface area contributed by atoms with Crippen LogP contribution < -0.4 is 16.9 Å². The van der Waals surface area contributed by atoms with Crippen molar-refractivity contribution in [3.8, 4) is 0 Å². The minimum atomic E-state index is -3.23. The summed E-state index contributed by atoms with van der Waals surface area (Å²) in [6.45, 7) is 4.98. The molecule has 3 amide bonds. The third kappa shape index (κ3) is 5.97. The first-order valence-corrected chi connectivity index (χ1v) is 11.2. The molecule has 2 aliphatic heterocycles. The van der Waals surface area contributed by atoms with Crippen LogP contribution >= 0.6 is 0 Å². The molecular formula is C22H33F2N5O4. The molecule has 1 aromatic carbocycles. The monoisotopic (exact) mass is 469 g/mol. The molecular weight excluding hydrogens is 436 g/mol. The number of hydrogen-bond acceptors (Lipinski definition) is 6. The Morgan fingerprint density at radius 2 is 1.97 bits per heavy atom. The first kappa shape index (κ1) is 25.3. The van der Waals surface area contributed by atoms with Gasteiger partial charge in [0, 0.05) is 38.2 Å². The Bertz CT molecular complexity index is 820. The van der Waals surface area contributed by atoms with E-state index in [1.54, 1.807) is 4.90 Å². The fourth-order valence-corrected chi connectivity index (χ4v) is 4.32. The Balaban J connectivity index is 1.59. The molecule has 5 N–H and O–H groups in total. The number of morpholine rings is 1. The van der Waals surface area contributed by atoms with Crippen LogP contribution in [0.2, 0.25) is 0 Å². The van der Waals surface area contributed by atoms with Crippen molar-refractivity contribution in [1.82, 2.24) is 15.1 Å². The van der Waals surface area contributed by atoms with Gasteiger partial charge < -0.3 is 25.6 Å². The van der Waals surface area contributed by atoms with Crippen molar-refractivity contribution in [2.75, 3.05) is 32.8 Å². The standard InChI is InChI=1S/C22H33F2N5O4/c1-14-4-3-9-28(14)21(31)29-10-11-32-13-17(29)12-27-20(30)16-7-5-15(6-8-16)18(25)19(33-26)22(2,23)24/h5-8,14,17-19H,3-4,9-13,25-26H2,1-2H3,(H,27,30)/t14-,17+,18+,19?/m1/s1. The zero-order valence-corrected chi connectivity index (χ0v) is 19.0. The fraction of sp³-hybridized carbons (Fsp3) is 0.636. The van der Waals surface area contributed by atoms with E-state index in [1.807, 2.05) is 11.8 Å². The van der Waals surface area contributed by atoms with Crippen LogP contribution in [0.5, 0.6) is 0 Å².